The molecule has 1 aromatic heterocycles. The van der Waals surface area contributed by atoms with Gasteiger partial charge in [0, 0.05) is 24.1 Å². The number of pyridine rings is 1. The minimum atomic E-state index is 0.560. The zero-order valence-electron chi connectivity index (χ0n) is 10.9. The van der Waals surface area contributed by atoms with Gasteiger partial charge in [-0.2, -0.15) is 4.98 Å². The molecule has 2 rings (SSSR count). The lowest BCUT2D eigenvalue weighted by atomic mass is 10.2. The van der Waals surface area contributed by atoms with Gasteiger partial charge in [-0.05, 0) is 23.8 Å². The third kappa shape index (κ3) is 3.38. The highest BCUT2D eigenvalue weighted by molar-refractivity contribution is 9.10. The molecule has 0 unspecified atom stereocenters. The van der Waals surface area contributed by atoms with E-state index in [0.717, 1.165) is 16.8 Å². The van der Waals surface area contributed by atoms with Crippen molar-refractivity contribution < 1.29 is 4.74 Å². The Morgan fingerprint density at radius 3 is 2.79 bits per heavy atom. The Balaban J connectivity index is 2.22. The van der Waals surface area contributed by atoms with Gasteiger partial charge in [0.1, 0.15) is 0 Å². The number of halogens is 1. The number of nitrogens with zero attached hydrogens (tertiary/aromatic N) is 2. The predicted molar refractivity (Wildman–Crippen MR) is 81.5 cm³/mol. The first-order chi connectivity index (χ1) is 9.10. The first-order valence-corrected chi connectivity index (χ1v) is 6.65. The van der Waals surface area contributed by atoms with Crippen LogP contribution in [0.5, 0.6) is 5.88 Å². The van der Waals surface area contributed by atoms with Crippen LogP contribution in [0.2, 0.25) is 0 Å². The van der Waals surface area contributed by atoms with E-state index in [4.69, 9.17) is 10.5 Å². The molecule has 1 aromatic carbocycles. The maximum Gasteiger partial charge on any atom is 0.215 e. The van der Waals surface area contributed by atoms with Gasteiger partial charge in [-0.25, -0.2) is 0 Å². The fraction of sp³-hybridized carbons (Fsp3) is 0.214. The van der Waals surface area contributed by atoms with Gasteiger partial charge in [0.2, 0.25) is 5.88 Å². The van der Waals surface area contributed by atoms with E-state index in [0.29, 0.717) is 11.6 Å². The van der Waals surface area contributed by atoms with Gasteiger partial charge >= 0.3 is 0 Å². The second kappa shape index (κ2) is 5.93. The average molecular weight is 322 g/mol. The molecule has 4 nitrogen and oxygen atoms in total. The molecule has 0 saturated carbocycles. The summed E-state index contributed by atoms with van der Waals surface area (Å²) in [7, 11) is 3.55. The van der Waals surface area contributed by atoms with E-state index in [2.05, 4.69) is 33.0 Å². The molecule has 0 bridgehead atoms. The third-order valence-corrected chi connectivity index (χ3v) is 3.25. The average Bonchev–Trinajstić information content (AvgIpc) is 2.39. The van der Waals surface area contributed by atoms with E-state index >= 15 is 0 Å². The van der Waals surface area contributed by atoms with Gasteiger partial charge in [0.05, 0.1) is 12.8 Å². The lowest BCUT2D eigenvalue weighted by molar-refractivity contribution is 0.398. The van der Waals surface area contributed by atoms with Crippen molar-refractivity contribution in [3.8, 4) is 5.88 Å². The number of hydrogen-bond donors (Lipinski definition) is 1. The summed E-state index contributed by atoms with van der Waals surface area (Å²) in [6, 6.07) is 11.7. The fourth-order valence-corrected chi connectivity index (χ4v) is 2.29. The molecule has 0 fully saturated rings. The summed E-state index contributed by atoms with van der Waals surface area (Å²) in [5, 5.41) is 0. The Kier molecular flexibility index (Phi) is 4.27. The second-order valence-electron chi connectivity index (χ2n) is 4.25. The Morgan fingerprint density at radius 2 is 2.11 bits per heavy atom. The summed E-state index contributed by atoms with van der Waals surface area (Å²) in [4.78, 5) is 6.38. The SMILES string of the molecule is COc1ccc(N)c(N(C)Cc2cccc(Br)c2)n1. The van der Waals surface area contributed by atoms with Gasteiger partial charge in [-0.1, -0.05) is 28.1 Å². The number of anilines is 2. The monoisotopic (exact) mass is 321 g/mol. The van der Waals surface area contributed by atoms with Gasteiger partial charge in [-0.3, -0.25) is 0 Å². The molecule has 0 saturated heterocycles. The first-order valence-electron chi connectivity index (χ1n) is 5.86. The van der Waals surface area contributed by atoms with E-state index < -0.39 is 0 Å². The van der Waals surface area contributed by atoms with Crippen LogP contribution in [-0.4, -0.2) is 19.1 Å². The Bertz CT molecular complexity index is 574. The summed E-state index contributed by atoms with van der Waals surface area (Å²) in [5.41, 5.74) is 7.78. The van der Waals surface area contributed by atoms with Crippen molar-refractivity contribution >= 4 is 27.4 Å². The van der Waals surface area contributed by atoms with Crippen molar-refractivity contribution in [1.29, 1.82) is 0 Å². The van der Waals surface area contributed by atoms with Crippen LogP contribution in [0.3, 0.4) is 0 Å². The molecule has 5 heteroatoms. The van der Waals surface area contributed by atoms with Crippen molar-refractivity contribution in [3.05, 3.63) is 46.4 Å². The van der Waals surface area contributed by atoms with E-state index in [1.54, 1.807) is 19.2 Å². The maximum atomic E-state index is 5.96. The smallest absolute Gasteiger partial charge is 0.215 e. The number of hydrogen-bond acceptors (Lipinski definition) is 4. The molecule has 0 aliphatic rings. The number of benzene rings is 1. The summed E-state index contributed by atoms with van der Waals surface area (Å²) >= 11 is 3.47. The van der Waals surface area contributed by atoms with E-state index in [1.165, 1.54) is 5.56 Å². The van der Waals surface area contributed by atoms with Gasteiger partial charge in [-0.15, -0.1) is 0 Å². The standard InChI is InChI=1S/C14H16BrN3O/c1-18(9-10-4-3-5-11(15)8-10)14-12(16)6-7-13(17-14)19-2/h3-8H,9,16H2,1-2H3. The largest absolute Gasteiger partial charge is 0.481 e. The Morgan fingerprint density at radius 1 is 1.32 bits per heavy atom. The molecule has 0 atom stereocenters. The molecule has 0 aliphatic heterocycles. The second-order valence-corrected chi connectivity index (χ2v) is 5.17. The quantitative estimate of drug-likeness (QED) is 0.940. The third-order valence-electron chi connectivity index (χ3n) is 2.76. The lowest BCUT2D eigenvalue weighted by Gasteiger charge is -2.20. The highest BCUT2D eigenvalue weighted by atomic mass is 79.9. The predicted octanol–water partition coefficient (Wildman–Crippen LogP) is 3.07. The van der Waals surface area contributed by atoms with Crippen LogP contribution in [0.1, 0.15) is 5.56 Å². The Labute approximate surface area is 121 Å². The zero-order chi connectivity index (χ0) is 13.8. The molecule has 19 heavy (non-hydrogen) atoms. The zero-order valence-corrected chi connectivity index (χ0v) is 12.5. The van der Waals surface area contributed by atoms with E-state index in [-0.39, 0.29) is 0 Å². The highest BCUT2D eigenvalue weighted by Gasteiger charge is 2.09. The summed E-state index contributed by atoms with van der Waals surface area (Å²) in [5.74, 6) is 1.28. The van der Waals surface area contributed by atoms with Crippen LogP contribution in [0.25, 0.3) is 0 Å². The number of methoxy groups -OCH3 is 1. The minimum absolute atomic E-state index is 0.560. The normalized spacial score (nSPS) is 10.3. The molecule has 1 heterocycles. The minimum Gasteiger partial charge on any atom is -0.481 e. The van der Waals surface area contributed by atoms with Crippen LogP contribution in [0.15, 0.2) is 40.9 Å². The van der Waals surface area contributed by atoms with Crippen molar-refractivity contribution in [2.45, 2.75) is 6.54 Å². The lowest BCUT2D eigenvalue weighted by Crippen LogP contribution is -2.19. The number of nitrogens with two attached hydrogens (primary N) is 1. The van der Waals surface area contributed by atoms with Crippen LogP contribution in [0.4, 0.5) is 11.5 Å². The Hall–Kier alpha value is -1.75. The van der Waals surface area contributed by atoms with Crippen molar-refractivity contribution in [2.24, 2.45) is 0 Å². The molecule has 0 radical (unpaired) electrons. The number of ether oxygens (including phenoxy) is 1. The van der Waals surface area contributed by atoms with Crippen LogP contribution >= 0.6 is 15.9 Å². The van der Waals surface area contributed by atoms with Crippen molar-refractivity contribution in [1.82, 2.24) is 4.98 Å². The van der Waals surface area contributed by atoms with Crippen molar-refractivity contribution in [3.63, 3.8) is 0 Å². The fourth-order valence-electron chi connectivity index (χ4n) is 1.85. The van der Waals surface area contributed by atoms with Crippen LogP contribution in [0, 0.1) is 0 Å². The number of aromatic nitrogens is 1. The molecule has 0 aliphatic carbocycles. The van der Waals surface area contributed by atoms with Crippen LogP contribution in [-0.2, 0) is 6.54 Å². The number of nitrogen functional groups attached to an aromatic ring is 1. The van der Waals surface area contributed by atoms with Crippen molar-refractivity contribution in [2.75, 3.05) is 24.8 Å². The topological polar surface area (TPSA) is 51.4 Å². The molecular formula is C14H16BrN3O. The van der Waals surface area contributed by atoms with Gasteiger partial charge in [0.25, 0.3) is 0 Å². The molecule has 0 spiro atoms. The number of rotatable bonds is 4. The summed E-state index contributed by atoms with van der Waals surface area (Å²) < 4.78 is 6.19. The molecule has 2 aromatic rings. The van der Waals surface area contributed by atoms with Gasteiger partial charge in [0.15, 0.2) is 5.82 Å². The molecular weight excluding hydrogens is 306 g/mol. The van der Waals surface area contributed by atoms with Gasteiger partial charge < -0.3 is 15.4 Å². The maximum absolute atomic E-state index is 5.96. The summed E-state index contributed by atoms with van der Waals surface area (Å²) in [6.45, 7) is 0.726. The first kappa shape index (κ1) is 13.7. The molecule has 2 N–H and O–H groups in total. The van der Waals surface area contributed by atoms with E-state index in [9.17, 15) is 0 Å². The molecule has 0 amide bonds. The molecule has 100 valence electrons. The van der Waals surface area contributed by atoms with Crippen LogP contribution < -0.4 is 15.4 Å². The highest BCUT2D eigenvalue weighted by Crippen LogP contribution is 2.24. The van der Waals surface area contributed by atoms with E-state index in [1.807, 2.05) is 24.1 Å². The summed E-state index contributed by atoms with van der Waals surface area (Å²) in [6.07, 6.45) is 0.